The van der Waals surface area contributed by atoms with E-state index < -0.39 is 0 Å². The van der Waals surface area contributed by atoms with Crippen molar-refractivity contribution in [2.75, 3.05) is 6.54 Å². The Labute approximate surface area is 104 Å². The molecule has 2 N–H and O–H groups in total. The van der Waals surface area contributed by atoms with Crippen LogP contribution in [0.25, 0.3) is 0 Å². The smallest absolute Gasteiger partial charge is 0.00175 e. The molecule has 6 aliphatic rings. The molecule has 0 aromatic heterocycles. The third-order valence-corrected chi connectivity index (χ3v) is 7.34. The lowest BCUT2D eigenvalue weighted by atomic mass is 9.49. The van der Waals surface area contributed by atoms with Crippen LogP contribution in [0.15, 0.2) is 0 Å². The maximum atomic E-state index is 6.15. The molecule has 2 heteroatoms. The molecule has 0 spiro atoms. The third kappa shape index (κ3) is 0.820. The molecule has 0 aromatic carbocycles. The molecule has 16 heavy (non-hydrogen) atoms. The largest absolute Gasteiger partial charge is 0.330 e. The fraction of sp³-hybridized carbons (Fsp3) is 1.00. The lowest BCUT2D eigenvalue weighted by Gasteiger charge is -2.56. The quantitative estimate of drug-likeness (QED) is 0.748. The van der Waals surface area contributed by atoms with E-state index in [1.165, 1.54) is 12.8 Å². The van der Waals surface area contributed by atoms with Crippen molar-refractivity contribution in [1.82, 2.24) is 0 Å². The summed E-state index contributed by atoms with van der Waals surface area (Å²) in [5, 5.41) is 0. The minimum atomic E-state index is 0. The van der Waals surface area contributed by atoms with Crippen LogP contribution in [0.5, 0.6) is 0 Å². The molecule has 6 fully saturated rings. The SMILES string of the molecule is Cl.NCC12CC3C4CC5CC3C1C(C5)C4C2. The number of nitrogens with two attached hydrogens (primary N) is 1. The van der Waals surface area contributed by atoms with E-state index in [-0.39, 0.29) is 12.4 Å². The Kier molecular flexibility index (Phi) is 1.79. The van der Waals surface area contributed by atoms with E-state index in [4.69, 9.17) is 5.73 Å². The monoisotopic (exact) mass is 239 g/mol. The Hall–Kier alpha value is 0.250. The molecule has 7 bridgehead atoms. The Morgan fingerprint density at radius 1 is 0.875 bits per heavy atom. The van der Waals surface area contributed by atoms with Crippen LogP contribution < -0.4 is 5.73 Å². The second-order valence-corrected chi connectivity index (χ2v) is 7.39. The first-order valence-electron chi connectivity index (χ1n) is 7.02. The van der Waals surface area contributed by atoms with Crippen LogP contribution in [0.3, 0.4) is 0 Å². The molecule has 4 atom stereocenters. The number of rotatable bonds is 1. The van der Waals surface area contributed by atoms with E-state index in [0.29, 0.717) is 5.41 Å². The summed E-state index contributed by atoms with van der Waals surface area (Å²) < 4.78 is 0. The zero-order valence-electron chi connectivity index (χ0n) is 9.77. The van der Waals surface area contributed by atoms with Crippen molar-refractivity contribution in [3.63, 3.8) is 0 Å². The zero-order chi connectivity index (χ0) is 9.78. The Morgan fingerprint density at radius 2 is 1.44 bits per heavy atom. The molecule has 0 aliphatic heterocycles. The Bertz CT molecular complexity index is 318. The first-order valence-corrected chi connectivity index (χ1v) is 7.02. The van der Waals surface area contributed by atoms with Crippen molar-refractivity contribution in [3.05, 3.63) is 0 Å². The summed E-state index contributed by atoms with van der Waals surface area (Å²) in [6.07, 6.45) is 7.86. The highest BCUT2D eigenvalue weighted by Gasteiger charge is 2.72. The fourth-order valence-electron chi connectivity index (χ4n) is 7.35. The minimum absolute atomic E-state index is 0. The van der Waals surface area contributed by atoms with Gasteiger partial charge in [0.1, 0.15) is 0 Å². The second kappa shape index (κ2) is 2.80. The topological polar surface area (TPSA) is 26.0 Å². The molecule has 0 amide bonds. The van der Waals surface area contributed by atoms with Crippen LogP contribution in [0, 0.1) is 46.8 Å². The van der Waals surface area contributed by atoms with Crippen LogP contribution in [-0.4, -0.2) is 6.54 Å². The predicted octanol–water partition coefficient (Wildman–Crippen LogP) is 2.69. The van der Waals surface area contributed by atoms with E-state index in [9.17, 15) is 0 Å². The number of hydrogen-bond donors (Lipinski definition) is 1. The lowest BCUT2D eigenvalue weighted by molar-refractivity contribution is -0.0766. The first-order chi connectivity index (χ1) is 7.32. The van der Waals surface area contributed by atoms with E-state index in [0.717, 1.165) is 48.0 Å². The van der Waals surface area contributed by atoms with Gasteiger partial charge in [-0.1, -0.05) is 0 Å². The fourth-order valence-corrected chi connectivity index (χ4v) is 7.35. The van der Waals surface area contributed by atoms with Crippen molar-refractivity contribution in [1.29, 1.82) is 0 Å². The molecule has 6 aliphatic carbocycles. The second-order valence-electron chi connectivity index (χ2n) is 7.39. The Morgan fingerprint density at radius 3 is 2.00 bits per heavy atom. The standard InChI is InChI=1S/C14H21N.ClH/c15-6-14-4-11-8-1-7-2-9(11)13(14)10(3-7)12(8)5-14;/h7-13H,1-6,15H2;1H. The Balaban J connectivity index is 0.000000722. The van der Waals surface area contributed by atoms with Crippen molar-refractivity contribution < 1.29 is 0 Å². The van der Waals surface area contributed by atoms with Crippen LogP contribution in [0.2, 0.25) is 0 Å². The lowest BCUT2D eigenvalue weighted by Crippen LogP contribution is -2.49. The third-order valence-electron chi connectivity index (χ3n) is 7.34. The molecule has 90 valence electrons. The average molecular weight is 240 g/mol. The van der Waals surface area contributed by atoms with Gasteiger partial charge in [-0.3, -0.25) is 0 Å². The molecule has 4 unspecified atom stereocenters. The van der Waals surface area contributed by atoms with Gasteiger partial charge in [-0.2, -0.15) is 0 Å². The van der Waals surface area contributed by atoms with E-state index in [1.807, 2.05) is 0 Å². The molecular weight excluding hydrogens is 218 g/mol. The van der Waals surface area contributed by atoms with E-state index in [2.05, 4.69) is 0 Å². The summed E-state index contributed by atoms with van der Waals surface area (Å²) in [7, 11) is 0. The van der Waals surface area contributed by atoms with Crippen LogP contribution in [0.1, 0.15) is 32.1 Å². The van der Waals surface area contributed by atoms with Gasteiger partial charge in [-0.15, -0.1) is 12.4 Å². The molecule has 0 heterocycles. The first kappa shape index (κ1) is 10.2. The highest BCUT2D eigenvalue weighted by atomic mass is 35.5. The van der Waals surface area contributed by atoms with Crippen molar-refractivity contribution in [2.24, 2.45) is 52.6 Å². The molecule has 0 saturated heterocycles. The van der Waals surface area contributed by atoms with E-state index in [1.54, 1.807) is 19.3 Å². The van der Waals surface area contributed by atoms with Gasteiger partial charge in [0.2, 0.25) is 0 Å². The molecule has 1 nitrogen and oxygen atoms in total. The predicted molar refractivity (Wildman–Crippen MR) is 66.3 cm³/mol. The van der Waals surface area contributed by atoms with Gasteiger partial charge >= 0.3 is 0 Å². The van der Waals surface area contributed by atoms with Gasteiger partial charge < -0.3 is 5.73 Å². The van der Waals surface area contributed by atoms with Gasteiger partial charge in [0.15, 0.2) is 0 Å². The number of hydrogen-bond acceptors (Lipinski definition) is 1. The van der Waals surface area contributed by atoms with Crippen molar-refractivity contribution >= 4 is 12.4 Å². The molecule has 6 saturated carbocycles. The molecule has 6 rings (SSSR count). The van der Waals surface area contributed by atoms with Crippen molar-refractivity contribution in [2.45, 2.75) is 32.1 Å². The van der Waals surface area contributed by atoms with Crippen LogP contribution in [-0.2, 0) is 0 Å². The summed E-state index contributed by atoms with van der Waals surface area (Å²) in [6, 6.07) is 0. The maximum absolute atomic E-state index is 6.15. The van der Waals surface area contributed by atoms with Gasteiger partial charge in [0, 0.05) is 0 Å². The molecule has 0 aromatic rings. The van der Waals surface area contributed by atoms with Crippen LogP contribution >= 0.6 is 12.4 Å². The summed E-state index contributed by atoms with van der Waals surface area (Å²) in [5.41, 5.74) is 6.80. The van der Waals surface area contributed by atoms with Crippen molar-refractivity contribution in [3.8, 4) is 0 Å². The van der Waals surface area contributed by atoms with Gasteiger partial charge in [0.25, 0.3) is 0 Å². The van der Waals surface area contributed by atoms with Gasteiger partial charge in [-0.25, -0.2) is 0 Å². The van der Waals surface area contributed by atoms with Crippen LogP contribution in [0.4, 0.5) is 0 Å². The van der Waals surface area contributed by atoms with Gasteiger partial charge in [-0.05, 0) is 85.5 Å². The summed E-state index contributed by atoms with van der Waals surface area (Å²) in [6.45, 7) is 1.01. The highest BCUT2D eigenvalue weighted by molar-refractivity contribution is 5.85. The summed E-state index contributed by atoms with van der Waals surface area (Å²) >= 11 is 0. The normalized spacial score (nSPS) is 67.7. The molecular formula is C14H22ClN. The molecule has 0 radical (unpaired) electrons. The number of halogens is 1. The average Bonchev–Trinajstić information content (AvgIpc) is 2.73. The van der Waals surface area contributed by atoms with Gasteiger partial charge in [0.05, 0.1) is 0 Å². The maximum Gasteiger partial charge on any atom is -0.00175 e. The highest BCUT2D eigenvalue weighted by Crippen LogP contribution is 2.78. The summed E-state index contributed by atoms with van der Waals surface area (Å²) in [5.74, 6) is 7.91. The zero-order valence-corrected chi connectivity index (χ0v) is 10.6. The minimum Gasteiger partial charge on any atom is -0.330 e. The van der Waals surface area contributed by atoms with E-state index >= 15 is 0 Å². The summed E-state index contributed by atoms with van der Waals surface area (Å²) in [4.78, 5) is 0.